The average molecular weight is 444 g/mol. The van der Waals surface area contributed by atoms with E-state index in [0.29, 0.717) is 24.6 Å². The summed E-state index contributed by atoms with van der Waals surface area (Å²) in [6, 6.07) is 19.3. The van der Waals surface area contributed by atoms with Crippen molar-refractivity contribution in [3.63, 3.8) is 0 Å². The number of anilines is 1. The Hall–Kier alpha value is -3.94. The van der Waals surface area contributed by atoms with E-state index < -0.39 is 0 Å². The largest absolute Gasteiger partial charge is 0.441 e. The number of carbonyl (C=O) groups is 2. The van der Waals surface area contributed by atoms with Crippen LogP contribution in [-0.2, 0) is 22.4 Å². The van der Waals surface area contributed by atoms with Crippen LogP contribution in [0.4, 0.5) is 5.82 Å². The fourth-order valence-corrected chi connectivity index (χ4v) is 4.11. The number of para-hydroxylation sites is 2. The molecule has 2 aromatic heterocycles. The predicted molar refractivity (Wildman–Crippen MR) is 124 cm³/mol. The number of aryl methyl sites for hydroxylation is 1. The lowest BCUT2D eigenvalue weighted by atomic mass is 9.78. The third-order valence-corrected chi connectivity index (χ3v) is 5.90. The Morgan fingerprint density at radius 1 is 1.03 bits per heavy atom. The number of amides is 2. The van der Waals surface area contributed by atoms with Crippen molar-refractivity contribution in [2.75, 3.05) is 5.32 Å². The van der Waals surface area contributed by atoms with Crippen molar-refractivity contribution in [2.45, 2.75) is 44.1 Å². The van der Waals surface area contributed by atoms with Crippen molar-refractivity contribution in [1.29, 1.82) is 0 Å². The van der Waals surface area contributed by atoms with Gasteiger partial charge in [0.2, 0.25) is 11.8 Å². The number of fused-ring (bicyclic) bond motifs is 1. The summed E-state index contributed by atoms with van der Waals surface area (Å²) in [7, 11) is 0. The molecule has 3 N–H and O–H groups in total. The van der Waals surface area contributed by atoms with Crippen LogP contribution in [0.15, 0.2) is 65.1 Å². The van der Waals surface area contributed by atoms with Gasteiger partial charge in [-0.15, -0.1) is 0 Å². The zero-order valence-corrected chi connectivity index (χ0v) is 18.1. The monoisotopic (exact) mass is 443 g/mol. The van der Waals surface area contributed by atoms with Crippen LogP contribution in [0.2, 0.25) is 0 Å². The second-order valence-electron chi connectivity index (χ2n) is 8.43. The predicted octanol–water partition coefficient (Wildman–Crippen LogP) is 3.73. The smallest absolute Gasteiger partial charge is 0.226 e. The lowest BCUT2D eigenvalue weighted by Crippen LogP contribution is -2.44. The van der Waals surface area contributed by atoms with Gasteiger partial charge in [0.1, 0.15) is 11.3 Å². The second kappa shape index (κ2) is 9.28. The molecule has 8 nitrogen and oxygen atoms in total. The highest BCUT2D eigenvalue weighted by molar-refractivity contribution is 5.89. The zero-order valence-electron chi connectivity index (χ0n) is 18.1. The van der Waals surface area contributed by atoms with Crippen LogP contribution >= 0.6 is 0 Å². The molecule has 4 aromatic rings. The number of H-pyrrole nitrogens is 1. The molecule has 2 heterocycles. The van der Waals surface area contributed by atoms with E-state index in [-0.39, 0.29) is 30.2 Å². The standard InChI is InChI=1S/C25H25N5O3/c31-23(10-11-25-27-19-8-4-5-9-21(19)33-25)28-22-15-20(29-30-22)17-13-18(14-17)26-24(32)12-16-6-2-1-3-7-16/h1-9,15,17-18H,10-14H2,(H,26,32)(H2,28,29,30,31)/t17-,18+. The van der Waals surface area contributed by atoms with E-state index in [1.54, 1.807) is 0 Å². The van der Waals surface area contributed by atoms with Gasteiger partial charge in [0.15, 0.2) is 11.5 Å². The van der Waals surface area contributed by atoms with Gasteiger partial charge in [-0.2, -0.15) is 5.10 Å². The number of hydrogen-bond donors (Lipinski definition) is 3. The lowest BCUT2D eigenvalue weighted by Gasteiger charge is -2.34. The van der Waals surface area contributed by atoms with Gasteiger partial charge in [-0.25, -0.2) is 4.98 Å². The van der Waals surface area contributed by atoms with E-state index in [2.05, 4.69) is 25.8 Å². The summed E-state index contributed by atoms with van der Waals surface area (Å²) in [5.41, 5.74) is 3.43. The molecular weight excluding hydrogens is 418 g/mol. The van der Waals surface area contributed by atoms with Crippen LogP contribution in [0.25, 0.3) is 11.1 Å². The maximum absolute atomic E-state index is 12.3. The molecule has 0 atom stereocenters. The van der Waals surface area contributed by atoms with Crippen LogP contribution in [0.5, 0.6) is 0 Å². The van der Waals surface area contributed by atoms with Gasteiger partial charge in [-0.1, -0.05) is 42.5 Å². The van der Waals surface area contributed by atoms with Crippen molar-refractivity contribution in [1.82, 2.24) is 20.5 Å². The molecule has 168 valence electrons. The Bertz CT molecular complexity index is 1220. The molecule has 5 rings (SSSR count). The minimum atomic E-state index is -0.132. The molecular formula is C25H25N5O3. The number of aromatic amines is 1. The Labute approximate surface area is 190 Å². The van der Waals surface area contributed by atoms with Gasteiger partial charge in [0.25, 0.3) is 0 Å². The number of nitrogens with zero attached hydrogens (tertiary/aromatic N) is 2. The molecule has 0 spiro atoms. The summed E-state index contributed by atoms with van der Waals surface area (Å²) >= 11 is 0. The molecule has 0 bridgehead atoms. The summed E-state index contributed by atoms with van der Waals surface area (Å²) in [5, 5.41) is 13.1. The first kappa shape index (κ1) is 20.9. The molecule has 0 aliphatic heterocycles. The van der Waals surface area contributed by atoms with Gasteiger partial charge >= 0.3 is 0 Å². The van der Waals surface area contributed by atoms with Gasteiger partial charge in [-0.3, -0.25) is 14.7 Å². The highest BCUT2D eigenvalue weighted by Gasteiger charge is 2.33. The molecule has 1 aliphatic rings. The summed E-state index contributed by atoms with van der Waals surface area (Å²) in [6.07, 6.45) is 2.77. The summed E-state index contributed by atoms with van der Waals surface area (Å²) < 4.78 is 5.66. The molecule has 1 aliphatic carbocycles. The maximum atomic E-state index is 12.3. The van der Waals surface area contributed by atoms with Gasteiger partial charge in [0.05, 0.1) is 12.1 Å². The van der Waals surface area contributed by atoms with Crippen molar-refractivity contribution >= 4 is 28.7 Å². The van der Waals surface area contributed by atoms with Gasteiger partial charge in [-0.05, 0) is 30.5 Å². The fourth-order valence-electron chi connectivity index (χ4n) is 4.11. The number of aromatic nitrogens is 3. The zero-order chi connectivity index (χ0) is 22.6. The average Bonchev–Trinajstić information content (AvgIpc) is 3.41. The Balaban J connectivity index is 1.05. The quantitative estimate of drug-likeness (QED) is 0.384. The Morgan fingerprint density at radius 3 is 2.64 bits per heavy atom. The highest BCUT2D eigenvalue weighted by Crippen LogP contribution is 2.36. The molecule has 1 fully saturated rings. The second-order valence-corrected chi connectivity index (χ2v) is 8.43. The SMILES string of the molecule is O=C(CCc1nc2ccccc2o1)Nc1cc([C@H]2C[C@@H](NC(=O)Cc3ccccc3)C2)n[nH]1. The van der Waals surface area contributed by atoms with Gasteiger partial charge in [0, 0.05) is 30.9 Å². The molecule has 8 heteroatoms. The first-order chi connectivity index (χ1) is 16.1. The third-order valence-electron chi connectivity index (χ3n) is 5.90. The fraction of sp³-hybridized carbons (Fsp3) is 0.280. The van der Waals surface area contributed by atoms with E-state index in [9.17, 15) is 9.59 Å². The van der Waals surface area contributed by atoms with E-state index in [4.69, 9.17) is 4.42 Å². The molecule has 2 amide bonds. The number of carbonyl (C=O) groups excluding carboxylic acids is 2. The van der Waals surface area contributed by atoms with Crippen LogP contribution in [-0.4, -0.2) is 33.0 Å². The Morgan fingerprint density at radius 2 is 1.82 bits per heavy atom. The van der Waals surface area contributed by atoms with Crippen molar-refractivity contribution < 1.29 is 14.0 Å². The molecule has 0 unspecified atom stereocenters. The highest BCUT2D eigenvalue weighted by atomic mass is 16.3. The van der Waals surface area contributed by atoms with Crippen molar-refractivity contribution in [3.8, 4) is 0 Å². The summed E-state index contributed by atoms with van der Waals surface area (Å²) in [4.78, 5) is 28.9. The normalized spacial score (nSPS) is 17.5. The topological polar surface area (TPSA) is 113 Å². The molecule has 0 radical (unpaired) electrons. The van der Waals surface area contributed by atoms with Crippen LogP contribution in [0.3, 0.4) is 0 Å². The van der Waals surface area contributed by atoms with Crippen molar-refractivity contribution in [2.24, 2.45) is 0 Å². The first-order valence-corrected chi connectivity index (χ1v) is 11.2. The Kier molecular flexibility index (Phi) is 5.89. The minimum absolute atomic E-state index is 0.0403. The first-order valence-electron chi connectivity index (χ1n) is 11.2. The molecule has 0 saturated heterocycles. The number of benzene rings is 2. The number of hydrogen-bond acceptors (Lipinski definition) is 5. The summed E-state index contributed by atoms with van der Waals surface area (Å²) in [6.45, 7) is 0. The van der Waals surface area contributed by atoms with Crippen LogP contribution in [0.1, 0.15) is 42.3 Å². The molecule has 1 saturated carbocycles. The van der Waals surface area contributed by atoms with E-state index in [1.165, 1.54) is 0 Å². The number of rotatable bonds is 8. The van der Waals surface area contributed by atoms with Crippen LogP contribution in [0, 0.1) is 0 Å². The van der Waals surface area contributed by atoms with Crippen LogP contribution < -0.4 is 10.6 Å². The molecule has 2 aromatic carbocycles. The number of nitrogens with one attached hydrogen (secondary N) is 3. The van der Waals surface area contributed by atoms with Crippen molar-refractivity contribution in [3.05, 3.63) is 77.8 Å². The molecule has 33 heavy (non-hydrogen) atoms. The minimum Gasteiger partial charge on any atom is -0.441 e. The third kappa shape index (κ3) is 5.11. The lowest BCUT2D eigenvalue weighted by molar-refractivity contribution is -0.121. The summed E-state index contributed by atoms with van der Waals surface area (Å²) in [5.74, 6) is 1.30. The van der Waals surface area contributed by atoms with E-state index >= 15 is 0 Å². The number of oxazole rings is 1. The van der Waals surface area contributed by atoms with E-state index in [1.807, 2.05) is 60.7 Å². The van der Waals surface area contributed by atoms with E-state index in [0.717, 1.165) is 35.2 Å². The van der Waals surface area contributed by atoms with Gasteiger partial charge < -0.3 is 15.1 Å². The maximum Gasteiger partial charge on any atom is 0.226 e.